The third-order valence-corrected chi connectivity index (χ3v) is 6.88. The monoisotopic (exact) mass is 467 g/mol. The Morgan fingerprint density at radius 3 is 2.61 bits per heavy atom. The molecule has 1 fully saturated rings. The number of anilines is 1. The van der Waals surface area contributed by atoms with Crippen LogP contribution < -0.4 is 15.4 Å². The second kappa shape index (κ2) is 10.1. The summed E-state index contributed by atoms with van der Waals surface area (Å²) in [4.78, 5) is 23.9. The topological polar surface area (TPSA) is 114 Å². The number of carbonyl (C=O) groups is 2. The van der Waals surface area contributed by atoms with E-state index in [1.165, 1.54) is 35.6 Å². The van der Waals surface area contributed by atoms with E-state index in [4.69, 9.17) is 21.1 Å². The van der Waals surface area contributed by atoms with Gasteiger partial charge in [-0.25, -0.2) is 8.42 Å². The summed E-state index contributed by atoms with van der Waals surface area (Å²) >= 11 is 6.12. The lowest BCUT2D eigenvalue weighted by Crippen LogP contribution is -2.40. The molecule has 1 aliphatic rings. The molecule has 1 saturated heterocycles. The van der Waals surface area contributed by atoms with Gasteiger partial charge in [0.25, 0.3) is 11.8 Å². The van der Waals surface area contributed by atoms with Crippen LogP contribution in [0.25, 0.3) is 0 Å². The Morgan fingerprint density at radius 2 is 1.90 bits per heavy atom. The maximum absolute atomic E-state index is 12.9. The van der Waals surface area contributed by atoms with Gasteiger partial charge < -0.3 is 20.1 Å². The molecule has 0 saturated carbocycles. The molecule has 0 unspecified atom stereocenters. The number of hydrogen-bond acceptors (Lipinski definition) is 6. The van der Waals surface area contributed by atoms with E-state index in [2.05, 4.69) is 10.6 Å². The van der Waals surface area contributed by atoms with E-state index in [1.807, 2.05) is 0 Å². The summed E-state index contributed by atoms with van der Waals surface area (Å²) in [5, 5.41) is 5.16. The summed E-state index contributed by atoms with van der Waals surface area (Å²) < 4.78 is 37.7. The lowest BCUT2D eigenvalue weighted by molar-refractivity contribution is -0.118. The van der Waals surface area contributed by atoms with Crippen molar-refractivity contribution in [1.29, 1.82) is 0 Å². The Morgan fingerprint density at radius 1 is 1.16 bits per heavy atom. The fourth-order valence-corrected chi connectivity index (χ4v) is 4.83. The van der Waals surface area contributed by atoms with Crippen LogP contribution in [0, 0.1) is 0 Å². The van der Waals surface area contributed by atoms with Crippen LogP contribution in [0.5, 0.6) is 5.75 Å². The van der Waals surface area contributed by atoms with E-state index >= 15 is 0 Å². The predicted octanol–water partition coefficient (Wildman–Crippen LogP) is 1.74. The maximum Gasteiger partial charge on any atom is 0.262 e. The molecule has 0 radical (unpaired) electrons. The zero-order chi connectivity index (χ0) is 22.4. The first-order chi connectivity index (χ1) is 14.8. The Kier molecular flexibility index (Phi) is 7.50. The first-order valence-corrected chi connectivity index (χ1v) is 11.3. The summed E-state index contributed by atoms with van der Waals surface area (Å²) in [5.74, 6) is -0.421. The number of nitrogens with zero attached hydrogens (tertiary/aromatic N) is 1. The van der Waals surface area contributed by atoms with E-state index < -0.39 is 15.9 Å². The Hall–Kier alpha value is -2.66. The van der Waals surface area contributed by atoms with Gasteiger partial charge in [0.2, 0.25) is 10.0 Å². The van der Waals surface area contributed by atoms with Gasteiger partial charge in [0.1, 0.15) is 10.6 Å². The quantitative estimate of drug-likeness (QED) is 0.641. The van der Waals surface area contributed by atoms with Crippen molar-refractivity contribution in [3.8, 4) is 5.75 Å². The first-order valence-electron chi connectivity index (χ1n) is 9.43. The highest BCUT2D eigenvalue weighted by molar-refractivity contribution is 7.89. The molecule has 0 bridgehead atoms. The first kappa shape index (κ1) is 23.0. The van der Waals surface area contributed by atoms with Gasteiger partial charge in [-0.3, -0.25) is 9.59 Å². The largest absolute Gasteiger partial charge is 0.484 e. The Bertz CT molecular complexity index is 1070. The zero-order valence-corrected chi connectivity index (χ0v) is 18.3. The molecule has 1 aliphatic heterocycles. The number of hydrogen-bond donors (Lipinski definition) is 2. The highest BCUT2D eigenvalue weighted by atomic mass is 35.5. The molecule has 0 spiro atoms. The SMILES string of the molecule is CNC(=O)c1cccc(OCC(=O)Nc2ccc(Cl)c(S(=O)(=O)N3CCOCC3)c2)c1. The van der Waals surface area contributed by atoms with Crippen molar-refractivity contribution in [2.24, 2.45) is 0 Å². The van der Waals surface area contributed by atoms with Crippen LogP contribution in [0.1, 0.15) is 10.4 Å². The molecule has 11 heteroatoms. The minimum absolute atomic E-state index is 0.0618. The fraction of sp³-hybridized carbons (Fsp3) is 0.300. The van der Waals surface area contributed by atoms with Gasteiger partial charge >= 0.3 is 0 Å². The van der Waals surface area contributed by atoms with Crippen molar-refractivity contribution in [3.05, 3.63) is 53.1 Å². The van der Waals surface area contributed by atoms with Crippen molar-refractivity contribution in [2.75, 3.05) is 45.3 Å². The van der Waals surface area contributed by atoms with Gasteiger partial charge in [0.15, 0.2) is 6.61 Å². The lowest BCUT2D eigenvalue weighted by atomic mass is 10.2. The summed E-state index contributed by atoms with van der Waals surface area (Å²) in [7, 11) is -2.30. The molecule has 31 heavy (non-hydrogen) atoms. The van der Waals surface area contributed by atoms with Crippen LogP contribution in [0.15, 0.2) is 47.4 Å². The number of ether oxygens (including phenoxy) is 2. The molecule has 2 aromatic carbocycles. The molecular formula is C20H22ClN3O6S. The maximum atomic E-state index is 12.9. The molecule has 1 heterocycles. The molecule has 166 valence electrons. The van der Waals surface area contributed by atoms with Crippen LogP contribution >= 0.6 is 11.6 Å². The lowest BCUT2D eigenvalue weighted by Gasteiger charge is -2.26. The van der Waals surface area contributed by atoms with Crippen molar-refractivity contribution in [2.45, 2.75) is 4.90 Å². The summed E-state index contributed by atoms with van der Waals surface area (Å²) in [6.07, 6.45) is 0. The standard InChI is InChI=1S/C20H22ClN3O6S/c1-22-20(26)14-3-2-4-16(11-14)30-13-19(25)23-15-5-6-17(21)18(12-15)31(27,28)24-7-9-29-10-8-24/h2-6,11-12H,7-10,13H2,1H3,(H,22,26)(H,23,25). The zero-order valence-electron chi connectivity index (χ0n) is 16.8. The normalized spacial score (nSPS) is 14.6. The van der Waals surface area contributed by atoms with Crippen LogP contribution in [-0.4, -0.2) is 64.5 Å². The van der Waals surface area contributed by atoms with Crippen LogP contribution in [0.3, 0.4) is 0 Å². The average molecular weight is 468 g/mol. The van der Waals surface area contributed by atoms with Crippen molar-refractivity contribution in [1.82, 2.24) is 9.62 Å². The van der Waals surface area contributed by atoms with Gasteiger partial charge in [-0.1, -0.05) is 17.7 Å². The van der Waals surface area contributed by atoms with Crippen molar-refractivity contribution >= 4 is 39.1 Å². The number of halogens is 1. The van der Waals surface area contributed by atoms with E-state index in [0.29, 0.717) is 24.5 Å². The number of benzene rings is 2. The van der Waals surface area contributed by atoms with E-state index in [-0.39, 0.29) is 41.2 Å². The van der Waals surface area contributed by atoms with Gasteiger partial charge in [0.05, 0.1) is 18.2 Å². The average Bonchev–Trinajstić information content (AvgIpc) is 2.79. The molecule has 2 amide bonds. The molecule has 3 rings (SSSR count). The highest BCUT2D eigenvalue weighted by Gasteiger charge is 2.28. The number of morpholine rings is 1. The third-order valence-electron chi connectivity index (χ3n) is 4.50. The molecule has 2 N–H and O–H groups in total. The number of rotatable bonds is 7. The molecule has 0 atom stereocenters. The smallest absolute Gasteiger partial charge is 0.262 e. The Balaban J connectivity index is 1.67. The number of nitrogens with one attached hydrogen (secondary N) is 2. The second-order valence-electron chi connectivity index (χ2n) is 6.61. The highest BCUT2D eigenvalue weighted by Crippen LogP contribution is 2.28. The van der Waals surface area contributed by atoms with Crippen LogP contribution in [0.4, 0.5) is 5.69 Å². The third kappa shape index (κ3) is 5.73. The summed E-state index contributed by atoms with van der Waals surface area (Å²) in [6, 6.07) is 10.6. The predicted molar refractivity (Wildman–Crippen MR) is 115 cm³/mol. The molecule has 0 aliphatic carbocycles. The molecule has 9 nitrogen and oxygen atoms in total. The molecule has 2 aromatic rings. The minimum Gasteiger partial charge on any atom is -0.484 e. The van der Waals surface area contributed by atoms with Gasteiger partial charge in [-0.2, -0.15) is 4.31 Å². The second-order valence-corrected chi connectivity index (χ2v) is 8.92. The van der Waals surface area contributed by atoms with E-state index in [0.717, 1.165) is 0 Å². The van der Waals surface area contributed by atoms with Crippen LogP contribution in [-0.2, 0) is 19.6 Å². The van der Waals surface area contributed by atoms with E-state index in [1.54, 1.807) is 18.2 Å². The summed E-state index contributed by atoms with van der Waals surface area (Å²) in [6.45, 7) is 0.763. The Labute approximate surface area is 185 Å². The van der Waals surface area contributed by atoms with Crippen LogP contribution in [0.2, 0.25) is 5.02 Å². The van der Waals surface area contributed by atoms with Gasteiger partial charge in [-0.05, 0) is 36.4 Å². The van der Waals surface area contributed by atoms with Gasteiger partial charge in [-0.15, -0.1) is 0 Å². The van der Waals surface area contributed by atoms with Crippen molar-refractivity contribution < 1.29 is 27.5 Å². The van der Waals surface area contributed by atoms with E-state index in [9.17, 15) is 18.0 Å². The minimum atomic E-state index is -3.82. The molecule has 0 aromatic heterocycles. The van der Waals surface area contributed by atoms with Crippen molar-refractivity contribution in [3.63, 3.8) is 0 Å². The number of carbonyl (C=O) groups excluding carboxylic acids is 2. The fourth-order valence-electron chi connectivity index (χ4n) is 2.92. The number of sulfonamides is 1. The summed E-state index contributed by atoms with van der Waals surface area (Å²) in [5.41, 5.74) is 0.667. The van der Waals surface area contributed by atoms with Gasteiger partial charge in [0, 0.05) is 31.4 Å². The number of amides is 2. The molecular weight excluding hydrogens is 446 g/mol.